The summed E-state index contributed by atoms with van der Waals surface area (Å²) in [6.07, 6.45) is 3.64. The molecule has 0 fully saturated rings. The molecule has 0 spiro atoms. The highest BCUT2D eigenvalue weighted by Gasteiger charge is 2.13. The standard InChI is InChI=1S/C15H23N3O/c1-3-4-7-10-17(2)15-16-13-8-5-6-9-14(13)18(15)11-12-19/h5-6,8-9,19H,3-4,7,10-12H2,1-2H3. The van der Waals surface area contributed by atoms with E-state index in [1.54, 1.807) is 0 Å². The summed E-state index contributed by atoms with van der Waals surface area (Å²) in [7, 11) is 2.07. The zero-order valence-corrected chi connectivity index (χ0v) is 11.8. The van der Waals surface area contributed by atoms with Gasteiger partial charge in [0.2, 0.25) is 5.95 Å². The van der Waals surface area contributed by atoms with Gasteiger partial charge in [-0.3, -0.25) is 0 Å². The molecule has 0 saturated carbocycles. The molecule has 0 atom stereocenters. The number of fused-ring (bicyclic) bond motifs is 1. The summed E-state index contributed by atoms with van der Waals surface area (Å²) in [6, 6.07) is 8.09. The maximum atomic E-state index is 9.25. The number of aliphatic hydroxyl groups is 1. The van der Waals surface area contributed by atoms with Crippen LogP contribution in [0.4, 0.5) is 5.95 Å². The predicted octanol–water partition coefficient (Wildman–Crippen LogP) is 2.66. The molecule has 0 aliphatic carbocycles. The summed E-state index contributed by atoms with van der Waals surface area (Å²) in [4.78, 5) is 6.87. The van der Waals surface area contributed by atoms with Crippen molar-refractivity contribution in [2.45, 2.75) is 32.7 Å². The number of hydrogen-bond donors (Lipinski definition) is 1. The Bertz CT molecular complexity index is 521. The van der Waals surface area contributed by atoms with Gasteiger partial charge in [-0.15, -0.1) is 0 Å². The molecule has 1 aromatic heterocycles. The third-order valence-electron chi connectivity index (χ3n) is 3.40. The summed E-state index contributed by atoms with van der Waals surface area (Å²) in [5.41, 5.74) is 2.09. The number of nitrogens with zero attached hydrogens (tertiary/aromatic N) is 3. The molecule has 0 amide bonds. The maximum Gasteiger partial charge on any atom is 0.206 e. The largest absolute Gasteiger partial charge is 0.395 e. The van der Waals surface area contributed by atoms with Gasteiger partial charge in [0.25, 0.3) is 0 Å². The fraction of sp³-hybridized carbons (Fsp3) is 0.533. The third-order valence-corrected chi connectivity index (χ3v) is 3.40. The van der Waals surface area contributed by atoms with Crippen LogP contribution in [0, 0.1) is 0 Å². The van der Waals surface area contributed by atoms with Crippen molar-refractivity contribution in [3.05, 3.63) is 24.3 Å². The molecule has 2 rings (SSSR count). The number of benzene rings is 1. The van der Waals surface area contributed by atoms with Gasteiger partial charge in [0, 0.05) is 20.1 Å². The Hall–Kier alpha value is -1.55. The van der Waals surface area contributed by atoms with E-state index in [2.05, 4.69) is 34.5 Å². The average molecular weight is 261 g/mol. The van der Waals surface area contributed by atoms with E-state index < -0.39 is 0 Å². The van der Waals surface area contributed by atoms with Gasteiger partial charge in [-0.05, 0) is 18.6 Å². The second-order valence-corrected chi connectivity index (χ2v) is 4.90. The van der Waals surface area contributed by atoms with Crippen molar-refractivity contribution < 1.29 is 5.11 Å². The van der Waals surface area contributed by atoms with Crippen LogP contribution in [-0.2, 0) is 6.54 Å². The number of unbranched alkanes of at least 4 members (excludes halogenated alkanes) is 2. The van der Waals surface area contributed by atoms with E-state index in [4.69, 9.17) is 0 Å². The van der Waals surface area contributed by atoms with Crippen molar-refractivity contribution in [3.8, 4) is 0 Å². The summed E-state index contributed by atoms with van der Waals surface area (Å²) < 4.78 is 2.10. The third kappa shape index (κ3) is 3.07. The first-order valence-corrected chi connectivity index (χ1v) is 7.05. The van der Waals surface area contributed by atoms with Gasteiger partial charge >= 0.3 is 0 Å². The number of imidazole rings is 1. The number of aromatic nitrogens is 2. The first kappa shape index (κ1) is 13.9. The molecule has 1 N–H and O–H groups in total. The number of rotatable bonds is 7. The molecule has 104 valence electrons. The van der Waals surface area contributed by atoms with E-state index in [-0.39, 0.29) is 6.61 Å². The van der Waals surface area contributed by atoms with Crippen LogP contribution < -0.4 is 4.90 Å². The quantitative estimate of drug-likeness (QED) is 0.779. The van der Waals surface area contributed by atoms with Crippen LogP contribution in [0.25, 0.3) is 11.0 Å². The fourth-order valence-electron chi connectivity index (χ4n) is 2.37. The molecule has 19 heavy (non-hydrogen) atoms. The minimum absolute atomic E-state index is 0.135. The van der Waals surface area contributed by atoms with E-state index in [1.807, 2.05) is 18.2 Å². The molecular weight excluding hydrogens is 238 g/mol. The molecule has 0 aliphatic rings. The SMILES string of the molecule is CCCCCN(C)c1nc2ccccc2n1CCO. The molecule has 0 saturated heterocycles. The lowest BCUT2D eigenvalue weighted by Gasteiger charge is -2.19. The lowest BCUT2D eigenvalue weighted by molar-refractivity contribution is 0.278. The van der Waals surface area contributed by atoms with Crippen molar-refractivity contribution in [2.75, 3.05) is 25.1 Å². The second kappa shape index (κ2) is 6.57. The zero-order chi connectivity index (χ0) is 13.7. The van der Waals surface area contributed by atoms with Crippen LogP contribution in [0.5, 0.6) is 0 Å². The van der Waals surface area contributed by atoms with Gasteiger partial charge in [0.15, 0.2) is 0 Å². The van der Waals surface area contributed by atoms with E-state index in [9.17, 15) is 5.11 Å². The number of para-hydroxylation sites is 2. The Morgan fingerprint density at radius 1 is 1.26 bits per heavy atom. The van der Waals surface area contributed by atoms with E-state index in [0.717, 1.165) is 23.5 Å². The van der Waals surface area contributed by atoms with Gasteiger partial charge in [0.05, 0.1) is 17.6 Å². The Morgan fingerprint density at radius 2 is 2.05 bits per heavy atom. The summed E-state index contributed by atoms with van der Waals surface area (Å²) in [5, 5.41) is 9.25. The Labute approximate surface area is 114 Å². The van der Waals surface area contributed by atoms with Crippen LogP contribution in [0.15, 0.2) is 24.3 Å². The highest BCUT2D eigenvalue weighted by atomic mass is 16.3. The van der Waals surface area contributed by atoms with Crippen LogP contribution in [0.3, 0.4) is 0 Å². The van der Waals surface area contributed by atoms with Gasteiger partial charge in [-0.2, -0.15) is 0 Å². The van der Waals surface area contributed by atoms with Crippen LogP contribution in [0.1, 0.15) is 26.2 Å². The normalized spacial score (nSPS) is 11.1. The van der Waals surface area contributed by atoms with Crippen molar-refractivity contribution in [2.24, 2.45) is 0 Å². The Kier molecular flexibility index (Phi) is 4.80. The van der Waals surface area contributed by atoms with Crippen LogP contribution in [0.2, 0.25) is 0 Å². The van der Waals surface area contributed by atoms with Gasteiger partial charge in [0.1, 0.15) is 0 Å². The summed E-state index contributed by atoms with van der Waals surface area (Å²) >= 11 is 0. The highest BCUT2D eigenvalue weighted by molar-refractivity contribution is 5.78. The topological polar surface area (TPSA) is 41.3 Å². The van der Waals surface area contributed by atoms with E-state index >= 15 is 0 Å². The monoisotopic (exact) mass is 261 g/mol. The minimum atomic E-state index is 0.135. The lowest BCUT2D eigenvalue weighted by Crippen LogP contribution is -2.23. The average Bonchev–Trinajstić information content (AvgIpc) is 2.79. The Balaban J connectivity index is 2.27. The highest BCUT2D eigenvalue weighted by Crippen LogP contribution is 2.22. The van der Waals surface area contributed by atoms with Crippen LogP contribution in [-0.4, -0.2) is 34.9 Å². The molecule has 2 aromatic rings. The van der Waals surface area contributed by atoms with Crippen LogP contribution >= 0.6 is 0 Å². The molecule has 4 heteroatoms. The second-order valence-electron chi connectivity index (χ2n) is 4.90. The van der Waals surface area contributed by atoms with Crippen molar-refractivity contribution in [1.82, 2.24) is 9.55 Å². The van der Waals surface area contributed by atoms with Crippen molar-refractivity contribution in [3.63, 3.8) is 0 Å². The van der Waals surface area contributed by atoms with Gasteiger partial charge in [-0.1, -0.05) is 31.9 Å². The van der Waals surface area contributed by atoms with E-state index in [1.165, 1.54) is 19.3 Å². The maximum absolute atomic E-state index is 9.25. The molecule has 1 aromatic carbocycles. The lowest BCUT2D eigenvalue weighted by atomic mass is 10.2. The molecule has 0 aliphatic heterocycles. The molecule has 4 nitrogen and oxygen atoms in total. The smallest absolute Gasteiger partial charge is 0.206 e. The number of hydrogen-bond acceptors (Lipinski definition) is 3. The first-order chi connectivity index (χ1) is 9.27. The molecule has 0 bridgehead atoms. The summed E-state index contributed by atoms with van der Waals surface area (Å²) in [5.74, 6) is 0.950. The first-order valence-electron chi connectivity index (χ1n) is 7.05. The van der Waals surface area contributed by atoms with Gasteiger partial charge < -0.3 is 14.6 Å². The minimum Gasteiger partial charge on any atom is -0.395 e. The molecule has 1 heterocycles. The van der Waals surface area contributed by atoms with Gasteiger partial charge in [-0.25, -0.2) is 4.98 Å². The zero-order valence-electron chi connectivity index (χ0n) is 11.8. The van der Waals surface area contributed by atoms with Crippen molar-refractivity contribution in [1.29, 1.82) is 0 Å². The predicted molar refractivity (Wildman–Crippen MR) is 79.6 cm³/mol. The molecular formula is C15H23N3O. The molecule has 0 unspecified atom stereocenters. The van der Waals surface area contributed by atoms with E-state index in [0.29, 0.717) is 6.54 Å². The Morgan fingerprint density at radius 3 is 2.79 bits per heavy atom. The number of aliphatic hydroxyl groups excluding tert-OH is 1. The summed E-state index contributed by atoms with van der Waals surface area (Å²) in [6.45, 7) is 3.94. The van der Waals surface area contributed by atoms with Crippen molar-refractivity contribution >= 4 is 17.0 Å². The fourth-order valence-corrected chi connectivity index (χ4v) is 2.37. The molecule has 0 radical (unpaired) electrons. The number of anilines is 1.